The van der Waals surface area contributed by atoms with Crippen molar-refractivity contribution >= 4 is 28.3 Å². The van der Waals surface area contributed by atoms with Gasteiger partial charge < -0.3 is 10.1 Å². The number of carbonyl (C=O) groups excluding carboxylic acids is 2. The average Bonchev–Trinajstić information content (AvgIpc) is 2.74. The number of ether oxygens (including phenoxy) is 1. The van der Waals surface area contributed by atoms with Crippen molar-refractivity contribution in [2.75, 3.05) is 11.9 Å². The van der Waals surface area contributed by atoms with Crippen molar-refractivity contribution < 1.29 is 14.3 Å². The quantitative estimate of drug-likeness (QED) is 0.606. The lowest BCUT2D eigenvalue weighted by molar-refractivity contribution is -0.119. The highest BCUT2D eigenvalue weighted by Crippen LogP contribution is 2.16. The number of aryl methyl sites for hydroxylation is 1. The zero-order valence-electron chi connectivity index (χ0n) is 17.3. The van der Waals surface area contributed by atoms with E-state index >= 15 is 0 Å². The van der Waals surface area contributed by atoms with Gasteiger partial charge in [0.25, 0.3) is 11.5 Å². The van der Waals surface area contributed by atoms with Gasteiger partial charge in [0.15, 0.2) is 12.3 Å². The number of nitrogens with zero attached hydrogens (tertiary/aromatic N) is 2. The molecule has 7 heteroatoms. The van der Waals surface area contributed by atoms with Gasteiger partial charge >= 0.3 is 5.97 Å². The third-order valence-electron chi connectivity index (χ3n) is 4.61. The second kappa shape index (κ2) is 9.35. The van der Waals surface area contributed by atoms with E-state index in [1.54, 1.807) is 30.3 Å². The Morgan fingerprint density at radius 2 is 1.73 bits per heavy atom. The van der Waals surface area contributed by atoms with E-state index < -0.39 is 18.5 Å². The Bertz CT molecular complexity index is 1130. The van der Waals surface area contributed by atoms with Gasteiger partial charge in [-0.15, -0.1) is 0 Å². The summed E-state index contributed by atoms with van der Waals surface area (Å²) in [5.41, 5.74) is 1.44. The van der Waals surface area contributed by atoms with Crippen LogP contribution in [0.4, 0.5) is 5.69 Å². The fraction of sp³-hybridized carbons (Fsp3) is 0.304. The van der Waals surface area contributed by atoms with Gasteiger partial charge in [0, 0.05) is 17.6 Å². The van der Waals surface area contributed by atoms with E-state index in [1.165, 1.54) is 4.68 Å². The number of hydrogen-bond donors (Lipinski definition) is 1. The summed E-state index contributed by atoms with van der Waals surface area (Å²) in [6.07, 6.45) is 0.767. The Morgan fingerprint density at radius 1 is 1.07 bits per heavy atom. The van der Waals surface area contributed by atoms with Crippen LogP contribution >= 0.6 is 0 Å². The second-order valence-corrected chi connectivity index (χ2v) is 7.41. The molecule has 30 heavy (non-hydrogen) atoms. The summed E-state index contributed by atoms with van der Waals surface area (Å²) in [6.45, 7) is 5.84. The summed E-state index contributed by atoms with van der Waals surface area (Å²) in [5, 5.41) is 7.78. The molecular weight excluding hydrogens is 382 g/mol. The van der Waals surface area contributed by atoms with Crippen LogP contribution in [0.15, 0.2) is 53.3 Å². The first-order valence-corrected chi connectivity index (χ1v) is 9.95. The number of aromatic nitrogens is 2. The summed E-state index contributed by atoms with van der Waals surface area (Å²) >= 11 is 0. The maximum atomic E-state index is 12.7. The van der Waals surface area contributed by atoms with Crippen LogP contribution < -0.4 is 10.9 Å². The van der Waals surface area contributed by atoms with E-state index in [-0.39, 0.29) is 17.2 Å². The predicted molar refractivity (Wildman–Crippen MR) is 116 cm³/mol. The van der Waals surface area contributed by atoms with Crippen molar-refractivity contribution in [3.63, 3.8) is 0 Å². The van der Waals surface area contributed by atoms with Crippen molar-refractivity contribution in [1.82, 2.24) is 9.78 Å². The fourth-order valence-electron chi connectivity index (χ4n) is 3.19. The van der Waals surface area contributed by atoms with E-state index in [9.17, 15) is 14.4 Å². The first-order chi connectivity index (χ1) is 14.4. The average molecular weight is 407 g/mol. The van der Waals surface area contributed by atoms with E-state index in [2.05, 4.69) is 10.4 Å². The zero-order chi connectivity index (χ0) is 21.7. The number of fused-ring (bicyclic) bond motifs is 1. The van der Waals surface area contributed by atoms with Crippen LogP contribution in [0.3, 0.4) is 0 Å². The maximum Gasteiger partial charge on any atom is 0.359 e. The normalized spacial score (nSPS) is 10.9. The van der Waals surface area contributed by atoms with E-state index in [0.29, 0.717) is 23.0 Å². The Morgan fingerprint density at radius 3 is 2.43 bits per heavy atom. The van der Waals surface area contributed by atoms with Crippen molar-refractivity contribution in [1.29, 1.82) is 0 Å². The van der Waals surface area contributed by atoms with E-state index in [4.69, 9.17) is 4.74 Å². The number of esters is 1. The molecule has 156 valence electrons. The van der Waals surface area contributed by atoms with E-state index in [1.807, 2.05) is 39.0 Å². The third-order valence-corrected chi connectivity index (χ3v) is 4.61. The topological polar surface area (TPSA) is 90.3 Å². The molecule has 0 unspecified atom stereocenters. The molecule has 0 atom stereocenters. The van der Waals surface area contributed by atoms with Crippen LogP contribution in [0.5, 0.6) is 0 Å². The molecule has 3 aromatic rings. The van der Waals surface area contributed by atoms with Crippen molar-refractivity contribution in [3.8, 4) is 0 Å². The van der Waals surface area contributed by atoms with Crippen molar-refractivity contribution in [2.45, 2.75) is 33.7 Å². The molecule has 0 saturated heterocycles. The lowest BCUT2D eigenvalue weighted by Gasteiger charge is -2.13. The summed E-state index contributed by atoms with van der Waals surface area (Å²) in [6, 6.07) is 14.2. The number of para-hydroxylation sites is 1. The molecule has 0 aliphatic rings. The van der Waals surface area contributed by atoms with Crippen LogP contribution in [-0.4, -0.2) is 28.3 Å². The Labute approximate surface area is 174 Å². The number of rotatable bonds is 7. The molecule has 0 spiro atoms. The molecule has 2 aromatic carbocycles. The largest absolute Gasteiger partial charge is 0.451 e. The highest BCUT2D eigenvalue weighted by Gasteiger charge is 2.19. The number of hydrogen-bond acceptors (Lipinski definition) is 5. The van der Waals surface area contributed by atoms with Crippen LogP contribution in [0.2, 0.25) is 0 Å². The molecule has 0 radical (unpaired) electrons. The van der Waals surface area contributed by atoms with Gasteiger partial charge in [-0.05, 0) is 30.0 Å². The van der Waals surface area contributed by atoms with Crippen molar-refractivity contribution in [3.05, 3.63) is 70.1 Å². The number of benzene rings is 2. The molecule has 3 rings (SSSR count). The summed E-state index contributed by atoms with van der Waals surface area (Å²) in [5.74, 6) is -1.02. The first-order valence-electron chi connectivity index (χ1n) is 9.95. The first kappa shape index (κ1) is 21.2. The van der Waals surface area contributed by atoms with Gasteiger partial charge in [-0.2, -0.15) is 5.10 Å². The maximum absolute atomic E-state index is 12.7. The van der Waals surface area contributed by atoms with Gasteiger partial charge in [-0.1, -0.05) is 57.2 Å². The SMILES string of the molecule is CCc1ccccc1NC(=O)COC(=O)c1nn(CC(C)C)c(=O)c2ccccc12. The molecule has 7 nitrogen and oxygen atoms in total. The molecule has 1 aromatic heterocycles. The molecule has 1 N–H and O–H groups in total. The zero-order valence-corrected chi connectivity index (χ0v) is 17.3. The molecular formula is C23H25N3O4. The molecule has 1 amide bonds. The minimum Gasteiger partial charge on any atom is -0.451 e. The number of nitrogens with one attached hydrogen (secondary N) is 1. The van der Waals surface area contributed by atoms with Gasteiger partial charge in [-0.3, -0.25) is 9.59 Å². The Balaban J connectivity index is 1.80. The standard InChI is InChI=1S/C23H25N3O4/c1-4-16-9-5-8-12-19(16)24-20(27)14-30-23(29)21-17-10-6-7-11-18(17)22(28)26(25-21)13-15(2)3/h5-12,15H,4,13-14H2,1-3H3,(H,24,27). The second-order valence-electron chi connectivity index (χ2n) is 7.41. The van der Waals surface area contributed by atoms with E-state index in [0.717, 1.165) is 12.0 Å². The summed E-state index contributed by atoms with van der Waals surface area (Å²) < 4.78 is 6.49. The Kier molecular flexibility index (Phi) is 6.61. The number of amides is 1. The van der Waals surface area contributed by atoms with Crippen LogP contribution in [0.25, 0.3) is 10.8 Å². The van der Waals surface area contributed by atoms with Crippen LogP contribution in [0, 0.1) is 5.92 Å². The minimum atomic E-state index is -0.748. The van der Waals surface area contributed by atoms with Gasteiger partial charge in [0.1, 0.15) is 0 Å². The molecule has 0 saturated carbocycles. The molecule has 0 aliphatic carbocycles. The number of anilines is 1. The highest BCUT2D eigenvalue weighted by atomic mass is 16.5. The minimum absolute atomic E-state index is 0.0209. The van der Waals surface area contributed by atoms with Gasteiger partial charge in [-0.25, -0.2) is 9.48 Å². The predicted octanol–water partition coefficient (Wildman–Crippen LogP) is 3.41. The molecule has 1 heterocycles. The van der Waals surface area contributed by atoms with Crippen LogP contribution in [0.1, 0.15) is 36.8 Å². The fourth-order valence-corrected chi connectivity index (χ4v) is 3.19. The summed E-state index contributed by atoms with van der Waals surface area (Å²) in [4.78, 5) is 37.6. The third kappa shape index (κ3) is 4.74. The monoisotopic (exact) mass is 407 g/mol. The summed E-state index contributed by atoms with van der Waals surface area (Å²) in [7, 11) is 0. The Hall–Kier alpha value is -3.48. The van der Waals surface area contributed by atoms with Gasteiger partial charge in [0.2, 0.25) is 0 Å². The lowest BCUT2D eigenvalue weighted by Crippen LogP contribution is -2.29. The van der Waals surface area contributed by atoms with Crippen molar-refractivity contribution in [2.24, 2.45) is 5.92 Å². The highest BCUT2D eigenvalue weighted by molar-refractivity contribution is 6.03. The van der Waals surface area contributed by atoms with Gasteiger partial charge in [0.05, 0.1) is 5.39 Å². The number of carbonyl (C=O) groups is 2. The molecule has 0 bridgehead atoms. The molecule has 0 aliphatic heterocycles. The lowest BCUT2D eigenvalue weighted by atomic mass is 10.1. The molecule has 0 fully saturated rings. The smallest absolute Gasteiger partial charge is 0.359 e. The van der Waals surface area contributed by atoms with Crippen LogP contribution in [-0.2, 0) is 22.5 Å².